The Labute approximate surface area is 199 Å². The van der Waals surface area contributed by atoms with E-state index in [1.165, 1.54) is 32.1 Å². The predicted molar refractivity (Wildman–Crippen MR) is 128 cm³/mol. The van der Waals surface area contributed by atoms with Crippen molar-refractivity contribution in [3.63, 3.8) is 0 Å². The van der Waals surface area contributed by atoms with Gasteiger partial charge in [-0.1, -0.05) is 58.3 Å². The standard InChI is InChI=1S/C27H45F3O3/c1-5-9-10-11-12-15-18-23(27(31-6-2,32-7-3)33-8-4)19-16-13-14-17-22-20-24(28)26(30)25(29)21-22/h20-21,23H,5-19H2,1-4H3. The van der Waals surface area contributed by atoms with Crippen molar-refractivity contribution in [3.05, 3.63) is 35.1 Å². The van der Waals surface area contributed by atoms with Crippen LogP contribution >= 0.6 is 0 Å². The van der Waals surface area contributed by atoms with Gasteiger partial charge in [0.25, 0.3) is 5.97 Å². The van der Waals surface area contributed by atoms with Crippen LogP contribution in [0.25, 0.3) is 0 Å². The van der Waals surface area contributed by atoms with Crippen LogP contribution in [0.1, 0.15) is 104 Å². The van der Waals surface area contributed by atoms with E-state index in [1.807, 2.05) is 20.8 Å². The molecule has 0 aliphatic carbocycles. The first kappa shape index (κ1) is 29.9. The molecule has 192 valence electrons. The van der Waals surface area contributed by atoms with Gasteiger partial charge in [0.05, 0.1) is 0 Å². The Morgan fingerprint density at radius 3 is 1.61 bits per heavy atom. The molecule has 0 bridgehead atoms. The van der Waals surface area contributed by atoms with Gasteiger partial charge in [-0.15, -0.1) is 0 Å². The van der Waals surface area contributed by atoms with Gasteiger partial charge in [-0.05, 0) is 64.2 Å². The third-order valence-electron chi connectivity index (χ3n) is 6.00. The fourth-order valence-electron chi connectivity index (χ4n) is 4.40. The van der Waals surface area contributed by atoms with Gasteiger partial charge < -0.3 is 14.2 Å². The van der Waals surface area contributed by atoms with Crippen LogP contribution < -0.4 is 0 Å². The monoisotopic (exact) mass is 474 g/mol. The minimum absolute atomic E-state index is 0.115. The van der Waals surface area contributed by atoms with Gasteiger partial charge in [0.2, 0.25) is 0 Å². The smallest absolute Gasteiger partial charge is 0.285 e. The number of unbranched alkanes of at least 4 members (excludes halogenated alkanes) is 7. The summed E-state index contributed by atoms with van der Waals surface area (Å²) in [5.74, 6) is -4.57. The molecular weight excluding hydrogens is 429 g/mol. The Morgan fingerprint density at radius 1 is 0.667 bits per heavy atom. The molecular formula is C27H45F3O3. The number of hydrogen-bond acceptors (Lipinski definition) is 3. The van der Waals surface area contributed by atoms with E-state index in [-0.39, 0.29) is 5.92 Å². The summed E-state index contributed by atoms with van der Waals surface area (Å²) in [7, 11) is 0. The van der Waals surface area contributed by atoms with E-state index in [2.05, 4.69) is 6.92 Å². The summed E-state index contributed by atoms with van der Waals surface area (Å²) in [6.07, 6.45) is 12.3. The van der Waals surface area contributed by atoms with Crippen molar-refractivity contribution in [1.82, 2.24) is 0 Å². The Bertz CT molecular complexity index is 599. The van der Waals surface area contributed by atoms with Crippen LogP contribution in [0.15, 0.2) is 12.1 Å². The van der Waals surface area contributed by atoms with Crippen molar-refractivity contribution < 1.29 is 27.4 Å². The van der Waals surface area contributed by atoms with Crippen molar-refractivity contribution in [2.75, 3.05) is 19.8 Å². The lowest BCUT2D eigenvalue weighted by molar-refractivity contribution is -0.403. The molecule has 0 fully saturated rings. The molecule has 0 N–H and O–H groups in total. The molecule has 0 saturated carbocycles. The third kappa shape index (κ3) is 10.8. The summed E-state index contributed by atoms with van der Waals surface area (Å²) in [5, 5.41) is 0. The molecule has 0 heterocycles. The molecule has 1 aromatic rings. The Hall–Kier alpha value is -1.11. The molecule has 0 aromatic heterocycles. The fraction of sp³-hybridized carbons (Fsp3) is 0.778. The summed E-state index contributed by atoms with van der Waals surface area (Å²) >= 11 is 0. The molecule has 33 heavy (non-hydrogen) atoms. The molecule has 1 atom stereocenters. The summed E-state index contributed by atoms with van der Waals surface area (Å²) in [4.78, 5) is 0. The van der Waals surface area contributed by atoms with Crippen LogP contribution in [0.3, 0.4) is 0 Å². The van der Waals surface area contributed by atoms with Crippen LogP contribution in [-0.4, -0.2) is 25.8 Å². The maximum Gasteiger partial charge on any atom is 0.285 e. The van der Waals surface area contributed by atoms with Gasteiger partial charge in [-0.2, -0.15) is 0 Å². The molecule has 1 unspecified atom stereocenters. The molecule has 0 saturated heterocycles. The zero-order valence-corrected chi connectivity index (χ0v) is 21.2. The number of aryl methyl sites for hydroxylation is 1. The first-order chi connectivity index (χ1) is 15.9. The van der Waals surface area contributed by atoms with E-state index >= 15 is 0 Å². The molecule has 0 aliphatic rings. The number of halogens is 3. The van der Waals surface area contributed by atoms with Crippen molar-refractivity contribution in [1.29, 1.82) is 0 Å². The number of benzene rings is 1. The first-order valence-electron chi connectivity index (χ1n) is 13.0. The molecule has 0 spiro atoms. The second-order valence-corrected chi connectivity index (χ2v) is 8.63. The maximum absolute atomic E-state index is 13.4. The van der Waals surface area contributed by atoms with Crippen molar-refractivity contribution in [3.8, 4) is 0 Å². The van der Waals surface area contributed by atoms with E-state index < -0.39 is 23.4 Å². The number of hydrogen-bond donors (Lipinski definition) is 0. The minimum Gasteiger partial charge on any atom is -0.328 e. The Morgan fingerprint density at radius 2 is 1.12 bits per heavy atom. The normalized spacial score (nSPS) is 12.9. The van der Waals surface area contributed by atoms with Crippen LogP contribution in [0.2, 0.25) is 0 Å². The molecule has 1 rings (SSSR count). The molecule has 0 aliphatic heterocycles. The average molecular weight is 475 g/mol. The minimum atomic E-state index is -1.41. The Balaban J connectivity index is 2.67. The summed E-state index contributed by atoms with van der Waals surface area (Å²) < 4.78 is 58.2. The summed E-state index contributed by atoms with van der Waals surface area (Å²) in [6, 6.07) is 2.17. The van der Waals surface area contributed by atoms with E-state index in [1.54, 1.807) is 0 Å². The van der Waals surface area contributed by atoms with Crippen LogP contribution in [0.4, 0.5) is 13.2 Å². The average Bonchev–Trinajstić information content (AvgIpc) is 2.78. The Kier molecular flexibility index (Phi) is 15.7. The summed E-state index contributed by atoms with van der Waals surface area (Å²) in [5.41, 5.74) is 0.488. The van der Waals surface area contributed by atoms with Gasteiger partial charge in [0.15, 0.2) is 17.5 Å². The van der Waals surface area contributed by atoms with Crippen molar-refractivity contribution in [2.24, 2.45) is 5.92 Å². The second-order valence-electron chi connectivity index (χ2n) is 8.63. The topological polar surface area (TPSA) is 27.7 Å². The van der Waals surface area contributed by atoms with E-state index in [4.69, 9.17) is 14.2 Å². The predicted octanol–water partition coefficient (Wildman–Crippen LogP) is 8.34. The lowest BCUT2D eigenvalue weighted by atomic mass is 9.91. The highest BCUT2D eigenvalue weighted by molar-refractivity contribution is 5.19. The molecule has 6 heteroatoms. The SMILES string of the molecule is CCCCCCCCC(CCCCCc1cc(F)c(F)c(F)c1)C(OCC)(OCC)OCC. The largest absolute Gasteiger partial charge is 0.328 e. The quantitative estimate of drug-likeness (QED) is 0.108. The molecule has 3 nitrogen and oxygen atoms in total. The second kappa shape index (κ2) is 17.3. The van der Waals surface area contributed by atoms with Crippen LogP contribution in [0, 0.1) is 23.4 Å². The maximum atomic E-state index is 13.4. The van der Waals surface area contributed by atoms with E-state index in [0.717, 1.165) is 50.7 Å². The van der Waals surface area contributed by atoms with E-state index in [0.29, 0.717) is 31.8 Å². The highest BCUT2D eigenvalue weighted by Crippen LogP contribution is 2.34. The highest BCUT2D eigenvalue weighted by Gasteiger charge is 2.41. The van der Waals surface area contributed by atoms with Gasteiger partial charge in [0, 0.05) is 25.7 Å². The lowest BCUT2D eigenvalue weighted by Gasteiger charge is -2.39. The summed E-state index contributed by atoms with van der Waals surface area (Å²) in [6.45, 7) is 9.61. The third-order valence-corrected chi connectivity index (χ3v) is 6.00. The van der Waals surface area contributed by atoms with Crippen molar-refractivity contribution >= 4 is 0 Å². The zero-order valence-electron chi connectivity index (χ0n) is 21.2. The molecule has 0 amide bonds. The molecule has 1 aromatic carbocycles. The first-order valence-corrected chi connectivity index (χ1v) is 13.0. The highest BCUT2D eigenvalue weighted by atomic mass is 19.2. The lowest BCUT2D eigenvalue weighted by Crippen LogP contribution is -2.46. The van der Waals surface area contributed by atoms with Gasteiger partial charge in [-0.3, -0.25) is 0 Å². The van der Waals surface area contributed by atoms with Gasteiger partial charge in [0.1, 0.15) is 0 Å². The van der Waals surface area contributed by atoms with Crippen LogP contribution in [0.5, 0.6) is 0 Å². The zero-order chi connectivity index (χ0) is 24.5. The number of rotatable bonds is 20. The van der Waals surface area contributed by atoms with Gasteiger partial charge >= 0.3 is 0 Å². The number of ether oxygens (including phenoxy) is 3. The van der Waals surface area contributed by atoms with E-state index in [9.17, 15) is 13.2 Å². The van der Waals surface area contributed by atoms with Crippen LogP contribution in [-0.2, 0) is 20.6 Å². The molecule has 0 radical (unpaired) electrons. The fourth-order valence-corrected chi connectivity index (χ4v) is 4.40. The van der Waals surface area contributed by atoms with Crippen molar-refractivity contribution in [2.45, 2.75) is 111 Å². The van der Waals surface area contributed by atoms with Gasteiger partial charge in [-0.25, -0.2) is 13.2 Å².